The lowest BCUT2D eigenvalue weighted by Gasteiger charge is -2.28. The fraction of sp³-hybridized carbons (Fsp3) is 0.571. The van der Waals surface area contributed by atoms with Crippen molar-refractivity contribution < 1.29 is 4.39 Å². The van der Waals surface area contributed by atoms with Crippen molar-refractivity contribution in [3.63, 3.8) is 0 Å². The summed E-state index contributed by atoms with van der Waals surface area (Å²) >= 11 is 0. The lowest BCUT2D eigenvalue weighted by molar-refractivity contribution is 0.307. The lowest BCUT2D eigenvalue weighted by Crippen LogP contribution is -2.24. The van der Waals surface area contributed by atoms with Gasteiger partial charge in [0.15, 0.2) is 0 Å². The summed E-state index contributed by atoms with van der Waals surface area (Å²) in [6.07, 6.45) is 6.36. The highest BCUT2D eigenvalue weighted by atomic mass is 19.1. The van der Waals surface area contributed by atoms with Gasteiger partial charge in [-0.2, -0.15) is 0 Å². The van der Waals surface area contributed by atoms with Gasteiger partial charge in [-0.15, -0.1) is 0 Å². The lowest BCUT2D eigenvalue weighted by atomic mass is 9.80. The van der Waals surface area contributed by atoms with Crippen molar-refractivity contribution in [2.75, 3.05) is 0 Å². The standard InChI is InChI=1S/C14H20FN/c1-10-9-12(15)7-8-13(10)14(16)11-5-3-2-4-6-11/h7-9,11,14H,2-6,16H2,1H3. The van der Waals surface area contributed by atoms with E-state index in [4.69, 9.17) is 5.73 Å². The van der Waals surface area contributed by atoms with Crippen LogP contribution < -0.4 is 5.73 Å². The molecule has 0 radical (unpaired) electrons. The Balaban J connectivity index is 2.15. The van der Waals surface area contributed by atoms with E-state index in [1.54, 1.807) is 6.07 Å². The zero-order chi connectivity index (χ0) is 11.5. The minimum atomic E-state index is -0.169. The maximum Gasteiger partial charge on any atom is 0.123 e. The molecule has 0 aliphatic heterocycles. The van der Waals surface area contributed by atoms with Crippen LogP contribution in [-0.4, -0.2) is 0 Å². The van der Waals surface area contributed by atoms with Crippen LogP contribution in [0.5, 0.6) is 0 Å². The number of benzene rings is 1. The zero-order valence-electron chi connectivity index (χ0n) is 9.88. The van der Waals surface area contributed by atoms with Gasteiger partial charge in [-0.25, -0.2) is 4.39 Å². The normalized spacial score (nSPS) is 19.7. The number of halogens is 1. The molecule has 0 amide bonds. The Morgan fingerprint density at radius 3 is 2.56 bits per heavy atom. The molecule has 1 aromatic carbocycles. The number of hydrogen-bond acceptors (Lipinski definition) is 1. The predicted molar refractivity (Wildman–Crippen MR) is 64.6 cm³/mol. The third-order valence-corrected chi connectivity index (χ3v) is 3.75. The second kappa shape index (κ2) is 4.96. The molecule has 0 saturated heterocycles. The molecule has 1 atom stereocenters. The van der Waals surface area contributed by atoms with E-state index in [2.05, 4.69) is 0 Å². The summed E-state index contributed by atoms with van der Waals surface area (Å²) in [6, 6.07) is 5.04. The molecule has 0 heterocycles. The molecule has 2 N–H and O–H groups in total. The second-order valence-corrected chi connectivity index (χ2v) is 4.92. The number of hydrogen-bond donors (Lipinski definition) is 1. The van der Waals surface area contributed by atoms with E-state index in [-0.39, 0.29) is 11.9 Å². The first-order chi connectivity index (χ1) is 7.68. The molecule has 1 aliphatic rings. The maximum absolute atomic E-state index is 13.0. The Morgan fingerprint density at radius 1 is 1.25 bits per heavy atom. The molecule has 1 fully saturated rings. The van der Waals surface area contributed by atoms with E-state index < -0.39 is 0 Å². The maximum atomic E-state index is 13.0. The van der Waals surface area contributed by atoms with Crippen molar-refractivity contribution >= 4 is 0 Å². The van der Waals surface area contributed by atoms with Gasteiger partial charge in [-0.05, 0) is 48.9 Å². The monoisotopic (exact) mass is 221 g/mol. The van der Waals surface area contributed by atoms with Crippen LogP contribution >= 0.6 is 0 Å². The van der Waals surface area contributed by atoms with Crippen LogP contribution in [0.4, 0.5) is 4.39 Å². The van der Waals surface area contributed by atoms with E-state index in [0.717, 1.165) is 11.1 Å². The summed E-state index contributed by atoms with van der Waals surface area (Å²) in [5, 5.41) is 0. The van der Waals surface area contributed by atoms with Crippen LogP contribution in [0.25, 0.3) is 0 Å². The smallest absolute Gasteiger partial charge is 0.123 e. The van der Waals surface area contributed by atoms with Gasteiger partial charge in [0.2, 0.25) is 0 Å². The molecule has 0 bridgehead atoms. The third-order valence-electron chi connectivity index (χ3n) is 3.75. The first-order valence-electron chi connectivity index (χ1n) is 6.20. The van der Waals surface area contributed by atoms with E-state index in [1.165, 1.54) is 38.2 Å². The summed E-state index contributed by atoms with van der Waals surface area (Å²) in [7, 11) is 0. The number of rotatable bonds is 2. The first-order valence-corrected chi connectivity index (χ1v) is 6.20. The minimum Gasteiger partial charge on any atom is -0.324 e. The Kier molecular flexibility index (Phi) is 3.59. The molecule has 2 heteroatoms. The van der Waals surface area contributed by atoms with Crippen molar-refractivity contribution in [1.29, 1.82) is 0 Å². The number of nitrogens with two attached hydrogens (primary N) is 1. The summed E-state index contributed by atoms with van der Waals surface area (Å²) in [6.45, 7) is 1.95. The molecular formula is C14H20FN. The van der Waals surface area contributed by atoms with E-state index in [9.17, 15) is 4.39 Å². The van der Waals surface area contributed by atoms with Crippen LogP contribution in [0.3, 0.4) is 0 Å². The van der Waals surface area contributed by atoms with Crippen LogP contribution in [-0.2, 0) is 0 Å². The fourth-order valence-electron chi connectivity index (χ4n) is 2.76. The highest BCUT2D eigenvalue weighted by Crippen LogP contribution is 2.34. The topological polar surface area (TPSA) is 26.0 Å². The highest BCUT2D eigenvalue weighted by molar-refractivity contribution is 5.29. The third kappa shape index (κ3) is 2.43. The summed E-state index contributed by atoms with van der Waals surface area (Å²) in [5.41, 5.74) is 8.40. The zero-order valence-corrected chi connectivity index (χ0v) is 9.88. The van der Waals surface area contributed by atoms with Gasteiger partial charge in [0, 0.05) is 6.04 Å². The minimum absolute atomic E-state index is 0.0842. The Labute approximate surface area is 96.9 Å². The average Bonchev–Trinajstić information content (AvgIpc) is 2.29. The molecule has 88 valence electrons. The summed E-state index contributed by atoms with van der Waals surface area (Å²) in [5.74, 6) is 0.412. The number of aryl methyl sites for hydroxylation is 1. The molecule has 1 aromatic rings. The molecule has 1 unspecified atom stereocenters. The largest absolute Gasteiger partial charge is 0.324 e. The van der Waals surface area contributed by atoms with Gasteiger partial charge >= 0.3 is 0 Å². The summed E-state index contributed by atoms with van der Waals surface area (Å²) < 4.78 is 13.0. The van der Waals surface area contributed by atoms with Crippen LogP contribution in [0, 0.1) is 18.7 Å². The average molecular weight is 221 g/mol. The van der Waals surface area contributed by atoms with Crippen molar-refractivity contribution in [2.24, 2.45) is 11.7 Å². The molecule has 1 saturated carbocycles. The quantitative estimate of drug-likeness (QED) is 0.809. The molecule has 2 rings (SSSR count). The Hall–Kier alpha value is -0.890. The van der Waals surface area contributed by atoms with Crippen molar-refractivity contribution in [2.45, 2.75) is 45.1 Å². The molecule has 0 aromatic heterocycles. The van der Waals surface area contributed by atoms with Gasteiger partial charge in [-0.3, -0.25) is 0 Å². The highest BCUT2D eigenvalue weighted by Gasteiger charge is 2.22. The van der Waals surface area contributed by atoms with Crippen molar-refractivity contribution in [3.8, 4) is 0 Å². The van der Waals surface area contributed by atoms with Gasteiger partial charge < -0.3 is 5.73 Å². The Bertz CT molecular complexity index is 356. The van der Waals surface area contributed by atoms with Gasteiger partial charge in [0.05, 0.1) is 0 Å². The molecule has 1 aliphatic carbocycles. The van der Waals surface area contributed by atoms with E-state index >= 15 is 0 Å². The second-order valence-electron chi connectivity index (χ2n) is 4.92. The van der Waals surface area contributed by atoms with Gasteiger partial charge in [0.1, 0.15) is 5.82 Å². The molecule has 16 heavy (non-hydrogen) atoms. The van der Waals surface area contributed by atoms with E-state index in [0.29, 0.717) is 5.92 Å². The van der Waals surface area contributed by atoms with Crippen LogP contribution in [0.2, 0.25) is 0 Å². The van der Waals surface area contributed by atoms with Crippen molar-refractivity contribution in [1.82, 2.24) is 0 Å². The van der Waals surface area contributed by atoms with E-state index in [1.807, 2.05) is 13.0 Å². The molecule has 1 nitrogen and oxygen atoms in total. The Morgan fingerprint density at radius 2 is 1.94 bits per heavy atom. The molecule has 0 spiro atoms. The van der Waals surface area contributed by atoms with Crippen LogP contribution in [0.15, 0.2) is 18.2 Å². The van der Waals surface area contributed by atoms with Crippen molar-refractivity contribution in [3.05, 3.63) is 35.1 Å². The van der Waals surface area contributed by atoms with Crippen LogP contribution in [0.1, 0.15) is 49.3 Å². The van der Waals surface area contributed by atoms with Gasteiger partial charge in [0.25, 0.3) is 0 Å². The first kappa shape index (κ1) is 11.6. The summed E-state index contributed by atoms with van der Waals surface area (Å²) in [4.78, 5) is 0. The molecular weight excluding hydrogens is 201 g/mol. The predicted octanol–water partition coefficient (Wildman–Crippen LogP) is 3.71. The van der Waals surface area contributed by atoms with Gasteiger partial charge in [-0.1, -0.05) is 25.3 Å². The SMILES string of the molecule is Cc1cc(F)ccc1C(N)C1CCCCC1. The fourth-order valence-corrected chi connectivity index (χ4v) is 2.76.